The van der Waals surface area contributed by atoms with Crippen LogP contribution < -0.4 is 5.56 Å². The molecule has 94 valence electrons. The lowest BCUT2D eigenvalue weighted by Crippen LogP contribution is -2.53. The Hall–Kier alpha value is -1.21. The second-order valence-corrected chi connectivity index (χ2v) is 4.05. The molecule has 6 nitrogen and oxygen atoms in total. The first-order valence-corrected chi connectivity index (χ1v) is 5.41. The van der Waals surface area contributed by atoms with Crippen LogP contribution in [0.2, 0.25) is 0 Å². The summed E-state index contributed by atoms with van der Waals surface area (Å²) < 4.78 is 6.53. The predicted molar refractivity (Wildman–Crippen MR) is 58.6 cm³/mol. The fraction of sp³-hybridized carbons (Fsp3) is 0.545. The molecule has 0 aliphatic carbocycles. The van der Waals surface area contributed by atoms with Gasteiger partial charge in [0.15, 0.2) is 0 Å². The van der Waals surface area contributed by atoms with Crippen molar-refractivity contribution in [3.05, 3.63) is 34.7 Å². The molecule has 1 aliphatic rings. The van der Waals surface area contributed by atoms with Gasteiger partial charge in [-0.05, 0) is 6.07 Å². The third-order valence-electron chi connectivity index (χ3n) is 2.99. The van der Waals surface area contributed by atoms with Crippen molar-refractivity contribution in [1.82, 2.24) is 4.57 Å². The molecule has 1 aromatic heterocycles. The highest BCUT2D eigenvalue weighted by Crippen LogP contribution is 2.23. The minimum Gasteiger partial charge on any atom is -0.394 e. The topological polar surface area (TPSA) is 91.9 Å². The standard InChI is InChI=1S/C11H15NO5/c13-5-8-11(16)10(15)7(6-17-8)12-4-2-1-3-9(12)14/h1-4,7-8,10-11,13,15-16H,5-6H2/t7-,8-,10-,11+/m1/s1. The van der Waals surface area contributed by atoms with Crippen LogP contribution in [0.3, 0.4) is 0 Å². The van der Waals surface area contributed by atoms with E-state index >= 15 is 0 Å². The maximum Gasteiger partial charge on any atom is 0.250 e. The first kappa shape index (κ1) is 12.3. The predicted octanol–water partition coefficient (Wildman–Crippen LogP) is -1.50. The van der Waals surface area contributed by atoms with Crippen molar-refractivity contribution >= 4 is 0 Å². The van der Waals surface area contributed by atoms with E-state index in [0.717, 1.165) is 0 Å². The molecule has 0 amide bonds. The van der Waals surface area contributed by atoms with Gasteiger partial charge in [-0.2, -0.15) is 0 Å². The SMILES string of the molecule is O=c1ccccn1[C@@H]1CO[C@H](CO)[C@H](O)[C@@H]1O. The van der Waals surface area contributed by atoms with Gasteiger partial charge in [0.05, 0.1) is 19.3 Å². The maximum absolute atomic E-state index is 11.6. The largest absolute Gasteiger partial charge is 0.394 e. The average molecular weight is 241 g/mol. The zero-order valence-corrected chi connectivity index (χ0v) is 9.14. The van der Waals surface area contributed by atoms with Crippen molar-refractivity contribution in [1.29, 1.82) is 0 Å². The van der Waals surface area contributed by atoms with E-state index in [1.165, 1.54) is 16.8 Å². The van der Waals surface area contributed by atoms with Crippen molar-refractivity contribution in [2.45, 2.75) is 24.4 Å². The van der Waals surface area contributed by atoms with Crippen LogP contribution in [0.25, 0.3) is 0 Å². The highest BCUT2D eigenvalue weighted by molar-refractivity contribution is 4.99. The average Bonchev–Trinajstić information content (AvgIpc) is 2.34. The van der Waals surface area contributed by atoms with Crippen LogP contribution >= 0.6 is 0 Å². The van der Waals surface area contributed by atoms with E-state index < -0.39 is 24.4 Å². The number of ether oxygens (including phenoxy) is 1. The van der Waals surface area contributed by atoms with Gasteiger partial charge < -0.3 is 24.6 Å². The first-order valence-electron chi connectivity index (χ1n) is 5.41. The Bertz CT molecular complexity index is 432. The summed E-state index contributed by atoms with van der Waals surface area (Å²) in [4.78, 5) is 11.6. The van der Waals surface area contributed by atoms with E-state index in [9.17, 15) is 15.0 Å². The lowest BCUT2D eigenvalue weighted by molar-refractivity contribution is -0.170. The summed E-state index contributed by atoms with van der Waals surface area (Å²) in [5.74, 6) is 0. The van der Waals surface area contributed by atoms with Crippen LogP contribution in [-0.4, -0.2) is 51.4 Å². The molecule has 0 aromatic carbocycles. The van der Waals surface area contributed by atoms with Crippen LogP contribution in [0.5, 0.6) is 0 Å². The molecule has 0 saturated carbocycles. The summed E-state index contributed by atoms with van der Waals surface area (Å²) in [5.41, 5.74) is -0.269. The van der Waals surface area contributed by atoms with E-state index in [1.807, 2.05) is 0 Å². The quantitative estimate of drug-likeness (QED) is 0.586. The third-order valence-corrected chi connectivity index (χ3v) is 2.99. The fourth-order valence-corrected chi connectivity index (χ4v) is 1.99. The fourth-order valence-electron chi connectivity index (χ4n) is 1.99. The van der Waals surface area contributed by atoms with Crippen LogP contribution in [0, 0.1) is 0 Å². The lowest BCUT2D eigenvalue weighted by Gasteiger charge is -2.37. The van der Waals surface area contributed by atoms with Gasteiger partial charge >= 0.3 is 0 Å². The highest BCUT2D eigenvalue weighted by Gasteiger charge is 2.39. The number of hydrogen-bond acceptors (Lipinski definition) is 5. The zero-order valence-electron chi connectivity index (χ0n) is 9.14. The second kappa shape index (κ2) is 4.97. The monoisotopic (exact) mass is 241 g/mol. The Morgan fingerprint density at radius 2 is 2.12 bits per heavy atom. The molecule has 1 saturated heterocycles. The molecule has 0 bridgehead atoms. The Labute approximate surface area is 97.7 Å². The van der Waals surface area contributed by atoms with Crippen LogP contribution in [0.15, 0.2) is 29.2 Å². The summed E-state index contributed by atoms with van der Waals surface area (Å²) in [7, 11) is 0. The van der Waals surface area contributed by atoms with Crippen molar-refractivity contribution in [3.8, 4) is 0 Å². The summed E-state index contributed by atoms with van der Waals surface area (Å²) in [6, 6.07) is 4.00. The van der Waals surface area contributed by atoms with Gasteiger partial charge in [-0.1, -0.05) is 6.07 Å². The Morgan fingerprint density at radius 1 is 1.35 bits per heavy atom. The Morgan fingerprint density at radius 3 is 2.76 bits per heavy atom. The van der Waals surface area contributed by atoms with Gasteiger partial charge in [-0.15, -0.1) is 0 Å². The van der Waals surface area contributed by atoms with E-state index in [1.54, 1.807) is 12.1 Å². The normalized spacial score (nSPS) is 33.6. The third kappa shape index (κ3) is 2.25. The van der Waals surface area contributed by atoms with Crippen molar-refractivity contribution in [2.24, 2.45) is 0 Å². The summed E-state index contributed by atoms with van der Waals surface area (Å²) >= 11 is 0. The number of aliphatic hydroxyl groups is 3. The maximum atomic E-state index is 11.6. The summed E-state index contributed by atoms with van der Waals surface area (Å²) in [6.07, 6.45) is -1.61. The molecule has 4 atom stereocenters. The minimum absolute atomic E-state index is 0.0768. The van der Waals surface area contributed by atoms with E-state index in [4.69, 9.17) is 9.84 Å². The van der Waals surface area contributed by atoms with Gasteiger partial charge in [0.25, 0.3) is 5.56 Å². The molecular formula is C11H15NO5. The lowest BCUT2D eigenvalue weighted by atomic mass is 9.98. The van der Waals surface area contributed by atoms with Crippen LogP contribution in [0.4, 0.5) is 0 Å². The van der Waals surface area contributed by atoms with E-state index in [2.05, 4.69) is 0 Å². The van der Waals surface area contributed by atoms with Crippen molar-refractivity contribution in [2.75, 3.05) is 13.2 Å². The van der Waals surface area contributed by atoms with Gasteiger partial charge in [0.1, 0.15) is 18.3 Å². The highest BCUT2D eigenvalue weighted by atomic mass is 16.5. The molecule has 6 heteroatoms. The smallest absolute Gasteiger partial charge is 0.250 e. The molecule has 0 spiro atoms. The van der Waals surface area contributed by atoms with Crippen molar-refractivity contribution in [3.63, 3.8) is 0 Å². The van der Waals surface area contributed by atoms with Crippen molar-refractivity contribution < 1.29 is 20.1 Å². The summed E-state index contributed by atoms with van der Waals surface area (Å²) in [5, 5.41) is 28.6. The van der Waals surface area contributed by atoms with Gasteiger partial charge in [0.2, 0.25) is 0 Å². The Balaban J connectivity index is 2.24. The molecule has 0 radical (unpaired) electrons. The Kier molecular flexibility index (Phi) is 3.58. The molecule has 17 heavy (non-hydrogen) atoms. The number of hydrogen-bond donors (Lipinski definition) is 3. The molecule has 3 N–H and O–H groups in total. The van der Waals surface area contributed by atoms with E-state index in [-0.39, 0.29) is 18.8 Å². The van der Waals surface area contributed by atoms with Crippen LogP contribution in [0.1, 0.15) is 6.04 Å². The van der Waals surface area contributed by atoms with Gasteiger partial charge in [-0.25, -0.2) is 0 Å². The summed E-state index contributed by atoms with van der Waals surface area (Å²) in [6.45, 7) is -0.290. The van der Waals surface area contributed by atoms with Crippen LogP contribution in [-0.2, 0) is 4.74 Å². The molecule has 2 rings (SSSR count). The second-order valence-electron chi connectivity index (χ2n) is 4.05. The molecule has 1 fully saturated rings. The molecule has 1 aliphatic heterocycles. The number of nitrogens with zero attached hydrogens (tertiary/aromatic N) is 1. The van der Waals surface area contributed by atoms with Gasteiger partial charge in [-0.3, -0.25) is 4.79 Å². The van der Waals surface area contributed by atoms with E-state index in [0.29, 0.717) is 0 Å². The van der Waals surface area contributed by atoms with Gasteiger partial charge in [0, 0.05) is 12.3 Å². The first-order chi connectivity index (χ1) is 8.15. The number of rotatable bonds is 2. The number of pyridine rings is 1. The zero-order chi connectivity index (χ0) is 12.4. The molecule has 0 unspecified atom stereocenters. The molecule has 1 aromatic rings. The number of aromatic nitrogens is 1. The molecule has 2 heterocycles. The molecular weight excluding hydrogens is 226 g/mol. The number of aliphatic hydroxyl groups excluding tert-OH is 3. The minimum atomic E-state index is -1.20.